The van der Waals surface area contributed by atoms with Crippen LogP contribution in [0.15, 0.2) is 29.1 Å². The number of unbranched alkanes of at least 4 members (excludes halogenated alkanes) is 1. The number of likely N-dealkylation sites (tertiary alicyclic amines) is 2. The Bertz CT molecular complexity index is 810. The molecule has 2 saturated heterocycles. The highest BCUT2D eigenvalue weighted by Crippen LogP contribution is 2.25. The molecule has 5 heteroatoms. The summed E-state index contributed by atoms with van der Waals surface area (Å²) in [5.74, 6) is 0.984. The predicted octanol–water partition coefficient (Wildman–Crippen LogP) is 4.26. The van der Waals surface area contributed by atoms with Gasteiger partial charge in [0.05, 0.1) is 11.0 Å². The fraction of sp³-hybridized carbons (Fsp3) is 0.708. The summed E-state index contributed by atoms with van der Waals surface area (Å²) in [5, 5.41) is 0. The van der Waals surface area contributed by atoms with Crippen LogP contribution in [0.2, 0.25) is 0 Å². The molecule has 0 unspecified atom stereocenters. The minimum atomic E-state index is 0.0481. The molecule has 1 N–H and O–H groups in total. The van der Waals surface area contributed by atoms with Crippen molar-refractivity contribution < 1.29 is 0 Å². The van der Waals surface area contributed by atoms with Crippen molar-refractivity contribution >= 4 is 11.0 Å². The number of hydrogen-bond donors (Lipinski definition) is 1. The first-order chi connectivity index (χ1) is 14.2. The summed E-state index contributed by atoms with van der Waals surface area (Å²) in [6, 6.07) is 8.39. The Balaban J connectivity index is 1.18. The van der Waals surface area contributed by atoms with Gasteiger partial charge < -0.3 is 14.8 Å². The standard InChI is InChI=1S/C24H38N4O/c1-2-3-7-20-10-16-26(17-11-20)14-6-15-27-18-12-21(13-19-27)28-23-9-5-4-8-22(23)25-24(28)29/h4-5,8-9,20-21H,2-3,6-7,10-19H2,1H3,(H,25,29). The molecule has 2 aliphatic heterocycles. The molecule has 2 aromatic rings. The third kappa shape index (κ3) is 5.13. The number of rotatable bonds is 8. The van der Waals surface area contributed by atoms with E-state index < -0.39 is 0 Å². The average Bonchev–Trinajstić information content (AvgIpc) is 3.09. The minimum absolute atomic E-state index is 0.0481. The van der Waals surface area contributed by atoms with Crippen LogP contribution in [0.4, 0.5) is 0 Å². The van der Waals surface area contributed by atoms with Gasteiger partial charge in [-0.05, 0) is 76.3 Å². The molecule has 0 aliphatic carbocycles. The third-order valence-corrected chi connectivity index (χ3v) is 7.17. The van der Waals surface area contributed by atoms with E-state index in [0.29, 0.717) is 6.04 Å². The van der Waals surface area contributed by atoms with Crippen LogP contribution in [0.1, 0.15) is 64.3 Å². The summed E-state index contributed by atoms with van der Waals surface area (Å²) in [5.41, 5.74) is 2.06. The maximum atomic E-state index is 12.4. The first-order valence-electron chi connectivity index (χ1n) is 11.9. The molecule has 29 heavy (non-hydrogen) atoms. The molecule has 0 saturated carbocycles. The largest absolute Gasteiger partial charge is 0.326 e. The first-order valence-corrected chi connectivity index (χ1v) is 11.9. The molecule has 0 spiro atoms. The van der Waals surface area contributed by atoms with Gasteiger partial charge in [0, 0.05) is 19.1 Å². The van der Waals surface area contributed by atoms with E-state index in [-0.39, 0.29) is 5.69 Å². The third-order valence-electron chi connectivity index (χ3n) is 7.17. The molecule has 160 valence electrons. The average molecular weight is 399 g/mol. The lowest BCUT2D eigenvalue weighted by Gasteiger charge is -2.34. The number of piperidine rings is 2. The van der Waals surface area contributed by atoms with Crippen molar-refractivity contribution in [3.05, 3.63) is 34.7 Å². The zero-order valence-electron chi connectivity index (χ0n) is 18.1. The molecular formula is C24H38N4O. The van der Waals surface area contributed by atoms with E-state index in [2.05, 4.69) is 27.8 Å². The van der Waals surface area contributed by atoms with E-state index in [9.17, 15) is 4.79 Å². The van der Waals surface area contributed by atoms with Crippen molar-refractivity contribution in [3.8, 4) is 0 Å². The number of aromatic nitrogens is 2. The first kappa shape index (κ1) is 20.7. The fourth-order valence-corrected chi connectivity index (χ4v) is 5.35. The second kappa shape index (κ2) is 9.94. The summed E-state index contributed by atoms with van der Waals surface area (Å²) >= 11 is 0. The molecular weight excluding hydrogens is 360 g/mol. The van der Waals surface area contributed by atoms with Gasteiger partial charge in [0.2, 0.25) is 0 Å². The molecule has 1 aromatic heterocycles. The number of para-hydroxylation sites is 2. The van der Waals surface area contributed by atoms with Gasteiger partial charge in [0.1, 0.15) is 0 Å². The topological polar surface area (TPSA) is 44.3 Å². The van der Waals surface area contributed by atoms with E-state index in [1.807, 2.05) is 22.8 Å². The number of hydrogen-bond acceptors (Lipinski definition) is 3. The second-order valence-electron chi connectivity index (χ2n) is 9.17. The van der Waals surface area contributed by atoms with Crippen molar-refractivity contribution in [2.24, 2.45) is 5.92 Å². The molecule has 3 heterocycles. The lowest BCUT2D eigenvalue weighted by molar-refractivity contribution is 0.150. The minimum Gasteiger partial charge on any atom is -0.306 e. The highest BCUT2D eigenvalue weighted by molar-refractivity contribution is 5.75. The number of nitrogens with zero attached hydrogens (tertiary/aromatic N) is 3. The summed E-state index contributed by atoms with van der Waals surface area (Å²) in [6.45, 7) is 9.58. The second-order valence-corrected chi connectivity index (χ2v) is 9.17. The van der Waals surface area contributed by atoms with Gasteiger partial charge in [0.15, 0.2) is 0 Å². The van der Waals surface area contributed by atoms with Crippen LogP contribution in [0.5, 0.6) is 0 Å². The number of fused-ring (bicyclic) bond motifs is 1. The zero-order valence-corrected chi connectivity index (χ0v) is 18.1. The highest BCUT2D eigenvalue weighted by Gasteiger charge is 2.24. The van der Waals surface area contributed by atoms with Crippen LogP contribution >= 0.6 is 0 Å². The summed E-state index contributed by atoms with van der Waals surface area (Å²) < 4.78 is 2.00. The van der Waals surface area contributed by atoms with E-state index in [0.717, 1.165) is 42.9 Å². The molecule has 0 atom stereocenters. The van der Waals surface area contributed by atoms with Gasteiger partial charge in [0.25, 0.3) is 0 Å². The Morgan fingerprint density at radius 3 is 2.28 bits per heavy atom. The van der Waals surface area contributed by atoms with Crippen molar-refractivity contribution in [3.63, 3.8) is 0 Å². The molecule has 5 nitrogen and oxygen atoms in total. The quantitative estimate of drug-likeness (QED) is 0.723. The Labute approximate surface area is 175 Å². The lowest BCUT2D eigenvalue weighted by atomic mass is 9.91. The Morgan fingerprint density at radius 1 is 0.931 bits per heavy atom. The van der Waals surface area contributed by atoms with E-state index in [4.69, 9.17) is 0 Å². The van der Waals surface area contributed by atoms with E-state index in [1.165, 1.54) is 64.7 Å². The number of imidazole rings is 1. The number of nitrogens with one attached hydrogen (secondary N) is 1. The summed E-state index contributed by atoms with van der Waals surface area (Å²) in [4.78, 5) is 20.7. The Hall–Kier alpha value is -1.59. The van der Waals surface area contributed by atoms with Crippen LogP contribution in [0, 0.1) is 5.92 Å². The van der Waals surface area contributed by atoms with Gasteiger partial charge in [-0.2, -0.15) is 0 Å². The van der Waals surface area contributed by atoms with Gasteiger partial charge in [-0.1, -0.05) is 38.3 Å². The van der Waals surface area contributed by atoms with Crippen molar-refractivity contribution in [2.75, 3.05) is 39.3 Å². The van der Waals surface area contributed by atoms with Gasteiger partial charge in [-0.3, -0.25) is 4.57 Å². The van der Waals surface area contributed by atoms with Gasteiger partial charge in [-0.25, -0.2) is 4.79 Å². The smallest absolute Gasteiger partial charge is 0.306 e. The van der Waals surface area contributed by atoms with Crippen LogP contribution in [0.25, 0.3) is 11.0 Å². The van der Waals surface area contributed by atoms with Gasteiger partial charge >= 0.3 is 5.69 Å². The van der Waals surface area contributed by atoms with Gasteiger partial charge in [-0.15, -0.1) is 0 Å². The summed E-state index contributed by atoms with van der Waals surface area (Å²) in [6.07, 6.45) is 10.4. The molecule has 2 fully saturated rings. The van der Waals surface area contributed by atoms with Crippen molar-refractivity contribution in [2.45, 2.75) is 64.3 Å². The maximum absolute atomic E-state index is 12.4. The Morgan fingerprint density at radius 2 is 1.59 bits per heavy atom. The molecule has 2 aliphatic rings. The van der Waals surface area contributed by atoms with E-state index >= 15 is 0 Å². The SMILES string of the molecule is CCCCC1CCN(CCCN2CCC(n3c(=O)[nH]c4ccccc43)CC2)CC1. The van der Waals surface area contributed by atoms with Crippen LogP contribution in [-0.2, 0) is 0 Å². The number of aromatic amines is 1. The fourth-order valence-electron chi connectivity index (χ4n) is 5.35. The number of benzene rings is 1. The molecule has 0 bridgehead atoms. The normalized spacial score (nSPS) is 20.6. The lowest BCUT2D eigenvalue weighted by Crippen LogP contribution is -2.39. The van der Waals surface area contributed by atoms with Crippen LogP contribution in [0.3, 0.4) is 0 Å². The maximum Gasteiger partial charge on any atom is 0.326 e. The van der Waals surface area contributed by atoms with Crippen LogP contribution < -0.4 is 5.69 Å². The predicted molar refractivity (Wildman–Crippen MR) is 121 cm³/mol. The van der Waals surface area contributed by atoms with Crippen molar-refractivity contribution in [1.82, 2.24) is 19.4 Å². The molecule has 0 amide bonds. The van der Waals surface area contributed by atoms with Crippen LogP contribution in [-0.4, -0.2) is 58.6 Å². The zero-order chi connectivity index (χ0) is 20.1. The molecule has 4 rings (SSSR count). The monoisotopic (exact) mass is 398 g/mol. The highest BCUT2D eigenvalue weighted by atomic mass is 16.1. The number of H-pyrrole nitrogens is 1. The molecule has 1 aromatic carbocycles. The molecule has 0 radical (unpaired) electrons. The Kier molecular flexibility index (Phi) is 7.09. The summed E-state index contributed by atoms with van der Waals surface area (Å²) in [7, 11) is 0. The van der Waals surface area contributed by atoms with Crippen molar-refractivity contribution in [1.29, 1.82) is 0 Å². The van der Waals surface area contributed by atoms with E-state index in [1.54, 1.807) is 0 Å².